The smallest absolute Gasteiger partial charge is 0.308 e. The summed E-state index contributed by atoms with van der Waals surface area (Å²) in [6.07, 6.45) is 3.11. The third kappa shape index (κ3) is 6.15. The van der Waals surface area contributed by atoms with Gasteiger partial charge in [-0.3, -0.25) is 9.59 Å². The number of nitrogens with one attached hydrogen (secondary N) is 1. The molecule has 2 atom stereocenters. The molecule has 0 bridgehead atoms. The van der Waals surface area contributed by atoms with Gasteiger partial charge in [0, 0.05) is 23.7 Å². The molecular weight excluding hydrogens is 439 g/mol. The summed E-state index contributed by atoms with van der Waals surface area (Å²) in [5.74, 6) is -2.87. The number of rotatable bonds is 10. The normalized spacial score (nSPS) is 12.8. The molecule has 0 spiro atoms. The second kappa shape index (κ2) is 10.9. The molecule has 3 aromatic rings. The van der Waals surface area contributed by atoms with Gasteiger partial charge in [0.15, 0.2) is 0 Å². The summed E-state index contributed by atoms with van der Waals surface area (Å²) in [5, 5.41) is 12.7. The zero-order valence-corrected chi connectivity index (χ0v) is 18.0. The highest BCUT2D eigenvalue weighted by Crippen LogP contribution is 2.26. The van der Waals surface area contributed by atoms with Crippen molar-refractivity contribution in [3.63, 3.8) is 0 Å². The van der Waals surface area contributed by atoms with Gasteiger partial charge < -0.3 is 19.6 Å². The Morgan fingerprint density at radius 1 is 1.25 bits per heavy atom. The van der Waals surface area contributed by atoms with E-state index in [1.165, 1.54) is 31.7 Å². The summed E-state index contributed by atoms with van der Waals surface area (Å²) < 4.78 is 24.2. The molecule has 32 heavy (non-hydrogen) atoms. The van der Waals surface area contributed by atoms with Gasteiger partial charge in [0.2, 0.25) is 0 Å². The van der Waals surface area contributed by atoms with Crippen molar-refractivity contribution in [2.24, 2.45) is 5.92 Å². The number of ether oxygens (including phenoxy) is 1. The molecule has 9 heteroatoms. The lowest BCUT2D eigenvalue weighted by molar-refractivity contribution is -0.144. The summed E-state index contributed by atoms with van der Waals surface area (Å²) in [5.41, 5.74) is 1.86. The van der Waals surface area contributed by atoms with E-state index in [9.17, 15) is 19.1 Å². The van der Waals surface area contributed by atoms with E-state index in [0.717, 1.165) is 5.56 Å². The number of carboxylic acids is 1. The first-order valence-electron chi connectivity index (χ1n) is 9.84. The molecule has 168 valence electrons. The van der Waals surface area contributed by atoms with Crippen LogP contribution >= 0.6 is 11.6 Å². The van der Waals surface area contributed by atoms with Crippen LogP contribution in [0.25, 0.3) is 11.1 Å². The quantitative estimate of drug-likeness (QED) is 0.470. The molecular formula is C23H22ClFN2O5. The molecule has 0 aliphatic rings. The highest BCUT2D eigenvalue weighted by atomic mass is 35.5. The largest absolute Gasteiger partial charge is 0.481 e. The molecule has 0 saturated heterocycles. The maximum Gasteiger partial charge on any atom is 0.308 e. The van der Waals surface area contributed by atoms with Crippen LogP contribution in [0, 0.1) is 11.7 Å². The number of benzene rings is 2. The molecule has 1 amide bonds. The van der Waals surface area contributed by atoms with Crippen molar-refractivity contribution in [3.05, 3.63) is 77.2 Å². The second-order valence-electron chi connectivity index (χ2n) is 7.26. The molecule has 0 fully saturated rings. The summed E-state index contributed by atoms with van der Waals surface area (Å²) in [6.45, 7) is 0.00763. The van der Waals surface area contributed by atoms with Gasteiger partial charge >= 0.3 is 11.9 Å². The molecule has 1 aromatic heterocycles. The van der Waals surface area contributed by atoms with Gasteiger partial charge in [-0.05, 0) is 42.2 Å². The van der Waals surface area contributed by atoms with Crippen molar-refractivity contribution in [1.29, 1.82) is 0 Å². The summed E-state index contributed by atoms with van der Waals surface area (Å²) in [7, 11) is 1.42. The third-order valence-corrected chi connectivity index (χ3v) is 5.16. The minimum atomic E-state index is -1.02. The summed E-state index contributed by atoms with van der Waals surface area (Å²) >= 11 is 5.98. The minimum absolute atomic E-state index is 0.00763. The number of hydrogen-bond acceptors (Lipinski definition) is 5. The molecule has 2 unspecified atom stereocenters. The van der Waals surface area contributed by atoms with Crippen molar-refractivity contribution < 1.29 is 28.2 Å². The van der Waals surface area contributed by atoms with Gasteiger partial charge in [-0.1, -0.05) is 35.9 Å². The number of oxazole rings is 1. The van der Waals surface area contributed by atoms with E-state index in [1.807, 2.05) is 0 Å². The van der Waals surface area contributed by atoms with E-state index in [2.05, 4.69) is 10.3 Å². The van der Waals surface area contributed by atoms with Crippen LogP contribution in [0.2, 0.25) is 5.02 Å². The van der Waals surface area contributed by atoms with E-state index >= 15 is 0 Å². The first-order valence-corrected chi connectivity index (χ1v) is 10.2. The van der Waals surface area contributed by atoms with Crippen molar-refractivity contribution in [2.75, 3.05) is 13.7 Å². The van der Waals surface area contributed by atoms with Crippen LogP contribution in [-0.2, 0) is 16.0 Å². The van der Waals surface area contributed by atoms with Gasteiger partial charge in [-0.15, -0.1) is 0 Å². The van der Waals surface area contributed by atoms with Crippen molar-refractivity contribution in [3.8, 4) is 11.1 Å². The number of nitrogens with zero attached hydrogens (tertiary/aromatic N) is 1. The van der Waals surface area contributed by atoms with Gasteiger partial charge in [0.05, 0.1) is 18.7 Å². The van der Waals surface area contributed by atoms with Crippen molar-refractivity contribution in [2.45, 2.75) is 18.9 Å². The number of carbonyl (C=O) groups excluding carboxylic acids is 1. The van der Waals surface area contributed by atoms with Crippen LogP contribution in [0.4, 0.5) is 4.39 Å². The number of aliphatic carboxylic acids is 1. The summed E-state index contributed by atoms with van der Waals surface area (Å²) in [4.78, 5) is 27.8. The minimum Gasteiger partial charge on any atom is -0.481 e. The van der Waals surface area contributed by atoms with Crippen LogP contribution in [-0.4, -0.2) is 41.7 Å². The molecule has 2 aromatic carbocycles. The maximum atomic E-state index is 14.1. The number of amides is 1. The van der Waals surface area contributed by atoms with E-state index in [1.54, 1.807) is 30.3 Å². The zero-order chi connectivity index (χ0) is 23.1. The molecule has 0 saturated carbocycles. The topological polar surface area (TPSA) is 102 Å². The highest BCUT2D eigenvalue weighted by molar-refractivity contribution is 6.30. The van der Waals surface area contributed by atoms with Crippen molar-refractivity contribution in [1.82, 2.24) is 10.3 Å². The number of hydrogen-bond donors (Lipinski definition) is 2. The Bertz CT molecular complexity index is 1060. The molecule has 0 aliphatic carbocycles. The monoisotopic (exact) mass is 460 g/mol. The standard InChI is InChI=1S/C23H22ClFN2O5/c1-31-13-16(23(29)30)11-18(27-21(28)22-26-8-9-32-22)10-14-2-4-15(5-3-14)19-12-17(24)6-7-20(19)25/h2-9,12,16,18H,10-11,13H2,1H3,(H,27,28)(H,29,30). The Kier molecular flexibility index (Phi) is 7.97. The van der Waals surface area contributed by atoms with Crippen LogP contribution in [0.5, 0.6) is 0 Å². The van der Waals surface area contributed by atoms with Gasteiger partial charge in [-0.2, -0.15) is 0 Å². The summed E-state index contributed by atoms with van der Waals surface area (Å²) in [6, 6.07) is 10.9. The number of methoxy groups -OCH3 is 1. The number of carbonyl (C=O) groups is 2. The Hall–Kier alpha value is -3.23. The molecule has 0 radical (unpaired) electrons. The van der Waals surface area contributed by atoms with Crippen molar-refractivity contribution >= 4 is 23.5 Å². The van der Waals surface area contributed by atoms with E-state index in [-0.39, 0.29) is 24.7 Å². The fourth-order valence-corrected chi connectivity index (χ4v) is 3.56. The number of halogens is 2. The average Bonchev–Trinajstić information content (AvgIpc) is 3.31. The average molecular weight is 461 g/mol. The Balaban J connectivity index is 1.79. The molecule has 1 heterocycles. The van der Waals surface area contributed by atoms with E-state index < -0.39 is 23.8 Å². The first-order chi connectivity index (χ1) is 15.4. The van der Waals surface area contributed by atoms with E-state index in [4.69, 9.17) is 20.8 Å². The molecule has 2 N–H and O–H groups in total. The lowest BCUT2D eigenvalue weighted by atomic mass is 9.94. The molecule has 7 nitrogen and oxygen atoms in total. The molecule has 0 aliphatic heterocycles. The lowest BCUT2D eigenvalue weighted by Crippen LogP contribution is -2.40. The molecule has 3 rings (SSSR count). The second-order valence-corrected chi connectivity index (χ2v) is 7.70. The van der Waals surface area contributed by atoms with Crippen LogP contribution in [0.1, 0.15) is 22.7 Å². The lowest BCUT2D eigenvalue weighted by Gasteiger charge is -2.22. The Morgan fingerprint density at radius 3 is 2.62 bits per heavy atom. The van der Waals surface area contributed by atoms with Crippen LogP contribution in [0.3, 0.4) is 0 Å². The Morgan fingerprint density at radius 2 is 2.00 bits per heavy atom. The fraction of sp³-hybridized carbons (Fsp3) is 0.261. The maximum absolute atomic E-state index is 14.1. The van der Waals surface area contributed by atoms with Crippen LogP contribution < -0.4 is 5.32 Å². The zero-order valence-electron chi connectivity index (χ0n) is 17.3. The highest BCUT2D eigenvalue weighted by Gasteiger charge is 2.25. The fourth-order valence-electron chi connectivity index (χ4n) is 3.38. The Labute approximate surface area is 189 Å². The third-order valence-electron chi connectivity index (χ3n) is 4.92. The van der Waals surface area contributed by atoms with E-state index in [0.29, 0.717) is 22.6 Å². The van der Waals surface area contributed by atoms with Gasteiger partial charge in [0.25, 0.3) is 5.89 Å². The first kappa shape index (κ1) is 23.4. The number of aromatic nitrogens is 1. The SMILES string of the molecule is COCC(CC(Cc1ccc(-c2cc(Cl)ccc2F)cc1)NC(=O)c1ncco1)C(=O)O. The predicted octanol–water partition coefficient (Wildman–Crippen LogP) is 4.21. The number of carboxylic acid groups (broad SMARTS) is 1. The predicted molar refractivity (Wildman–Crippen MR) is 116 cm³/mol. The van der Waals surface area contributed by atoms with Crippen LogP contribution in [0.15, 0.2) is 59.3 Å². The van der Waals surface area contributed by atoms with Gasteiger partial charge in [-0.25, -0.2) is 9.37 Å². The van der Waals surface area contributed by atoms with Gasteiger partial charge in [0.1, 0.15) is 12.1 Å².